The van der Waals surface area contributed by atoms with Gasteiger partial charge in [-0.05, 0) is 18.3 Å². The van der Waals surface area contributed by atoms with E-state index in [-0.39, 0.29) is 6.61 Å². The first-order valence-electron chi connectivity index (χ1n) is 5.07. The Bertz CT molecular complexity index is 320. The summed E-state index contributed by atoms with van der Waals surface area (Å²) in [4.78, 5) is 4.32. The van der Waals surface area contributed by atoms with Crippen molar-refractivity contribution in [1.29, 1.82) is 0 Å². The predicted molar refractivity (Wildman–Crippen MR) is 50.8 cm³/mol. The highest BCUT2D eigenvalue weighted by Crippen LogP contribution is 2.57. The molecule has 4 heteroatoms. The second-order valence-corrected chi connectivity index (χ2v) is 4.62. The van der Waals surface area contributed by atoms with E-state index in [1.165, 1.54) is 0 Å². The number of rotatable bonds is 4. The van der Waals surface area contributed by atoms with Gasteiger partial charge in [-0.1, -0.05) is 19.0 Å². The molecule has 14 heavy (non-hydrogen) atoms. The maximum atomic E-state index is 8.65. The Hall–Kier alpha value is -0.900. The van der Waals surface area contributed by atoms with Crippen LogP contribution in [0.15, 0.2) is 4.52 Å². The van der Waals surface area contributed by atoms with E-state index >= 15 is 0 Å². The van der Waals surface area contributed by atoms with Crippen LogP contribution in [0.2, 0.25) is 0 Å². The standard InChI is InChI=1S/C10H16N2O2/c1-10(2)6-7(10)9-11-8(14-12-9)4-3-5-13/h7,13H,3-6H2,1-2H3. The Kier molecular flexibility index (Phi) is 2.31. The summed E-state index contributed by atoms with van der Waals surface area (Å²) in [6.45, 7) is 4.59. The fraction of sp³-hybridized carbons (Fsp3) is 0.800. The number of nitrogens with zero attached hydrogens (tertiary/aromatic N) is 2. The summed E-state index contributed by atoms with van der Waals surface area (Å²) < 4.78 is 5.09. The molecule has 0 spiro atoms. The number of aliphatic hydroxyl groups is 1. The molecule has 0 aromatic carbocycles. The Balaban J connectivity index is 1.97. The summed E-state index contributed by atoms with van der Waals surface area (Å²) in [5.41, 5.74) is 0.345. The SMILES string of the molecule is CC1(C)CC1c1noc(CCCO)n1. The van der Waals surface area contributed by atoms with Gasteiger partial charge in [0.1, 0.15) is 0 Å². The molecule has 1 saturated carbocycles. The zero-order valence-corrected chi connectivity index (χ0v) is 8.66. The molecule has 0 aliphatic heterocycles. The lowest BCUT2D eigenvalue weighted by Gasteiger charge is -1.95. The molecule has 2 rings (SSSR count). The molecule has 78 valence electrons. The van der Waals surface area contributed by atoms with Crippen molar-refractivity contribution < 1.29 is 9.63 Å². The molecule has 1 aromatic rings. The number of hydrogen-bond acceptors (Lipinski definition) is 4. The van der Waals surface area contributed by atoms with Gasteiger partial charge in [0.15, 0.2) is 5.82 Å². The first-order valence-corrected chi connectivity index (χ1v) is 5.07. The van der Waals surface area contributed by atoms with Crippen molar-refractivity contribution in [2.75, 3.05) is 6.61 Å². The van der Waals surface area contributed by atoms with E-state index in [0.29, 0.717) is 30.1 Å². The van der Waals surface area contributed by atoms with Gasteiger partial charge in [0.05, 0.1) is 0 Å². The van der Waals surface area contributed by atoms with Crippen LogP contribution >= 0.6 is 0 Å². The van der Waals surface area contributed by atoms with Crippen molar-refractivity contribution in [3.05, 3.63) is 11.7 Å². The summed E-state index contributed by atoms with van der Waals surface area (Å²) >= 11 is 0. The molecule has 1 aromatic heterocycles. The van der Waals surface area contributed by atoms with Crippen LogP contribution in [-0.2, 0) is 6.42 Å². The zero-order chi connectivity index (χ0) is 10.2. The van der Waals surface area contributed by atoms with Gasteiger partial charge < -0.3 is 9.63 Å². The summed E-state index contributed by atoms with van der Waals surface area (Å²) in [5.74, 6) is 1.95. The average molecular weight is 196 g/mol. The Morgan fingerprint density at radius 2 is 2.29 bits per heavy atom. The molecular weight excluding hydrogens is 180 g/mol. The normalized spacial score (nSPS) is 23.8. The molecule has 4 nitrogen and oxygen atoms in total. The van der Waals surface area contributed by atoms with Gasteiger partial charge in [0.2, 0.25) is 5.89 Å². The Morgan fingerprint density at radius 1 is 1.57 bits per heavy atom. The zero-order valence-electron chi connectivity index (χ0n) is 8.66. The predicted octanol–water partition coefficient (Wildman–Crippen LogP) is 1.51. The van der Waals surface area contributed by atoms with Gasteiger partial charge in [-0.2, -0.15) is 4.98 Å². The number of hydrogen-bond donors (Lipinski definition) is 1. The molecule has 1 atom stereocenters. The Morgan fingerprint density at radius 3 is 2.86 bits per heavy atom. The maximum Gasteiger partial charge on any atom is 0.226 e. The van der Waals surface area contributed by atoms with Crippen LogP contribution in [0.3, 0.4) is 0 Å². The van der Waals surface area contributed by atoms with Crippen molar-refractivity contribution in [3.63, 3.8) is 0 Å². The van der Waals surface area contributed by atoms with Crippen molar-refractivity contribution in [2.24, 2.45) is 5.41 Å². The molecule has 0 amide bonds. The third-order valence-corrected chi connectivity index (χ3v) is 2.86. The fourth-order valence-electron chi connectivity index (χ4n) is 1.65. The number of aryl methyl sites for hydroxylation is 1. The van der Waals surface area contributed by atoms with Gasteiger partial charge in [-0.25, -0.2) is 0 Å². The van der Waals surface area contributed by atoms with E-state index in [1.54, 1.807) is 0 Å². The fourth-order valence-corrected chi connectivity index (χ4v) is 1.65. The summed E-state index contributed by atoms with van der Waals surface area (Å²) in [6, 6.07) is 0. The van der Waals surface area contributed by atoms with Crippen LogP contribution < -0.4 is 0 Å². The minimum Gasteiger partial charge on any atom is -0.396 e. The molecule has 0 bridgehead atoms. The van der Waals surface area contributed by atoms with Crippen molar-refractivity contribution in [3.8, 4) is 0 Å². The summed E-state index contributed by atoms with van der Waals surface area (Å²) in [7, 11) is 0. The first-order chi connectivity index (χ1) is 6.63. The minimum atomic E-state index is 0.173. The molecule has 1 N–H and O–H groups in total. The molecule has 1 aliphatic carbocycles. The van der Waals surface area contributed by atoms with E-state index < -0.39 is 0 Å². The minimum absolute atomic E-state index is 0.173. The van der Waals surface area contributed by atoms with Gasteiger partial charge in [0.25, 0.3) is 0 Å². The van der Waals surface area contributed by atoms with E-state index in [0.717, 1.165) is 12.2 Å². The highest BCUT2D eigenvalue weighted by Gasteiger charge is 2.49. The van der Waals surface area contributed by atoms with Crippen molar-refractivity contribution >= 4 is 0 Å². The molecule has 1 heterocycles. The molecule has 1 fully saturated rings. The van der Waals surface area contributed by atoms with Gasteiger partial charge >= 0.3 is 0 Å². The number of aliphatic hydroxyl groups excluding tert-OH is 1. The molecule has 0 saturated heterocycles. The highest BCUT2D eigenvalue weighted by atomic mass is 16.5. The summed E-state index contributed by atoms with van der Waals surface area (Å²) in [6.07, 6.45) is 2.51. The first kappa shape index (κ1) is 9.65. The third-order valence-electron chi connectivity index (χ3n) is 2.86. The number of aromatic nitrogens is 2. The lowest BCUT2D eigenvalue weighted by Crippen LogP contribution is -1.93. The molecule has 0 radical (unpaired) electrons. The van der Waals surface area contributed by atoms with Crippen LogP contribution in [0, 0.1) is 5.41 Å². The monoisotopic (exact) mass is 196 g/mol. The van der Waals surface area contributed by atoms with E-state index in [9.17, 15) is 0 Å². The Labute approximate surface area is 83.3 Å². The third kappa shape index (κ3) is 1.80. The lowest BCUT2D eigenvalue weighted by molar-refractivity contribution is 0.278. The topological polar surface area (TPSA) is 59.2 Å². The second-order valence-electron chi connectivity index (χ2n) is 4.62. The smallest absolute Gasteiger partial charge is 0.226 e. The van der Waals surface area contributed by atoms with Crippen LogP contribution in [0.1, 0.15) is 44.3 Å². The van der Waals surface area contributed by atoms with Crippen molar-refractivity contribution in [1.82, 2.24) is 10.1 Å². The molecule has 1 unspecified atom stereocenters. The second kappa shape index (κ2) is 3.35. The van der Waals surface area contributed by atoms with Crippen LogP contribution in [0.25, 0.3) is 0 Å². The van der Waals surface area contributed by atoms with Gasteiger partial charge in [-0.3, -0.25) is 0 Å². The van der Waals surface area contributed by atoms with Crippen LogP contribution in [0.5, 0.6) is 0 Å². The largest absolute Gasteiger partial charge is 0.396 e. The van der Waals surface area contributed by atoms with Gasteiger partial charge in [0, 0.05) is 18.9 Å². The highest BCUT2D eigenvalue weighted by molar-refractivity contribution is 5.14. The van der Waals surface area contributed by atoms with E-state index in [2.05, 4.69) is 24.0 Å². The molecule has 1 aliphatic rings. The van der Waals surface area contributed by atoms with Crippen LogP contribution in [-0.4, -0.2) is 21.9 Å². The van der Waals surface area contributed by atoms with Crippen molar-refractivity contribution in [2.45, 2.75) is 39.0 Å². The summed E-state index contributed by atoms with van der Waals surface area (Å²) in [5, 5.41) is 12.6. The van der Waals surface area contributed by atoms with Crippen LogP contribution in [0.4, 0.5) is 0 Å². The lowest BCUT2D eigenvalue weighted by atomic mass is 10.1. The van der Waals surface area contributed by atoms with E-state index in [1.807, 2.05) is 0 Å². The maximum absolute atomic E-state index is 8.65. The average Bonchev–Trinajstić information content (AvgIpc) is 2.63. The quantitative estimate of drug-likeness (QED) is 0.793. The van der Waals surface area contributed by atoms with Gasteiger partial charge in [-0.15, -0.1) is 0 Å². The molecular formula is C10H16N2O2. The van der Waals surface area contributed by atoms with E-state index in [4.69, 9.17) is 9.63 Å².